The summed E-state index contributed by atoms with van der Waals surface area (Å²) < 4.78 is 8.87. The second kappa shape index (κ2) is 13.6. The number of fused-ring (bicyclic) bond motifs is 6. The summed E-state index contributed by atoms with van der Waals surface area (Å²) in [5.41, 5.74) is 15.5. The highest BCUT2D eigenvalue weighted by Gasteiger charge is 2.21. The Bertz CT molecular complexity index is 3220. The monoisotopic (exact) mass is 728 g/mol. The number of aromatic nitrogens is 1. The fourth-order valence-electron chi connectivity index (χ4n) is 8.52. The van der Waals surface area contributed by atoms with Crippen LogP contribution in [0.25, 0.3) is 82.8 Å². The van der Waals surface area contributed by atoms with E-state index in [1.54, 1.807) is 0 Å². The predicted molar refractivity (Wildman–Crippen MR) is 239 cm³/mol. The van der Waals surface area contributed by atoms with Crippen molar-refractivity contribution >= 4 is 60.8 Å². The molecule has 0 spiro atoms. The van der Waals surface area contributed by atoms with E-state index in [0.29, 0.717) is 0 Å². The van der Waals surface area contributed by atoms with Gasteiger partial charge in [-0.1, -0.05) is 152 Å². The molecule has 11 rings (SSSR count). The molecule has 57 heavy (non-hydrogen) atoms. The molecule has 0 saturated heterocycles. The van der Waals surface area contributed by atoms with E-state index in [0.717, 1.165) is 55.8 Å². The van der Waals surface area contributed by atoms with Crippen LogP contribution in [-0.4, -0.2) is 4.57 Å². The van der Waals surface area contributed by atoms with Crippen LogP contribution < -0.4 is 4.90 Å². The minimum absolute atomic E-state index is 0.861. The highest BCUT2D eigenvalue weighted by Crippen LogP contribution is 2.44. The van der Waals surface area contributed by atoms with Gasteiger partial charge in [0.25, 0.3) is 0 Å². The molecule has 0 aliphatic carbocycles. The van der Waals surface area contributed by atoms with Gasteiger partial charge in [0, 0.05) is 50.4 Å². The summed E-state index contributed by atoms with van der Waals surface area (Å²) in [5.74, 6) is 0. The van der Waals surface area contributed by atoms with Crippen LogP contribution in [0.4, 0.5) is 17.1 Å². The number of anilines is 3. The lowest BCUT2D eigenvalue weighted by atomic mass is 9.97. The minimum Gasteiger partial charge on any atom is -0.456 e. The number of nitrogens with zero attached hydrogens (tertiary/aromatic N) is 2. The molecule has 0 aliphatic rings. The van der Waals surface area contributed by atoms with E-state index in [9.17, 15) is 0 Å². The van der Waals surface area contributed by atoms with Crippen LogP contribution in [0.2, 0.25) is 0 Å². The maximum Gasteiger partial charge on any atom is 0.137 e. The third kappa shape index (κ3) is 5.68. The van der Waals surface area contributed by atoms with E-state index in [1.165, 1.54) is 44.1 Å². The number of hydrogen-bond acceptors (Lipinski definition) is 2. The zero-order chi connectivity index (χ0) is 37.7. The van der Waals surface area contributed by atoms with Gasteiger partial charge in [0.2, 0.25) is 0 Å². The Kier molecular flexibility index (Phi) is 7.82. The Morgan fingerprint density at radius 2 is 0.895 bits per heavy atom. The summed E-state index contributed by atoms with van der Waals surface area (Å²) in [7, 11) is 0. The molecule has 11 aromatic rings. The Hall–Kier alpha value is -7.62. The molecule has 0 amide bonds. The Morgan fingerprint density at radius 1 is 0.333 bits per heavy atom. The third-order valence-corrected chi connectivity index (χ3v) is 11.2. The molecule has 0 bridgehead atoms. The van der Waals surface area contributed by atoms with E-state index >= 15 is 0 Å². The average Bonchev–Trinajstić information content (AvgIpc) is 3.83. The first kappa shape index (κ1) is 32.8. The summed E-state index contributed by atoms with van der Waals surface area (Å²) >= 11 is 0. The topological polar surface area (TPSA) is 21.3 Å². The molecule has 3 nitrogen and oxygen atoms in total. The lowest BCUT2D eigenvalue weighted by molar-refractivity contribution is 0.669. The maximum absolute atomic E-state index is 6.45. The number of rotatable bonds is 7. The SMILES string of the molecule is c1ccc(-c2ccc(-c3cccc4c3c3ccc(N(c5cccc(-c6ccccc6)c5)c5ccc6c(c5)oc5ccccc56)cc3n4-c3ccccc3)cc2)cc1. The molecule has 0 radical (unpaired) electrons. The number of furan rings is 1. The number of para-hydroxylation sites is 2. The molecular formula is C54H36N2O. The van der Waals surface area contributed by atoms with Crippen LogP contribution in [-0.2, 0) is 0 Å². The molecule has 268 valence electrons. The summed E-state index contributed by atoms with van der Waals surface area (Å²) in [6, 6.07) is 78.1. The first-order chi connectivity index (χ1) is 28.3. The summed E-state index contributed by atoms with van der Waals surface area (Å²) in [5, 5.41) is 4.66. The molecule has 0 fully saturated rings. The van der Waals surface area contributed by atoms with Gasteiger partial charge in [-0.15, -0.1) is 0 Å². The van der Waals surface area contributed by atoms with Gasteiger partial charge in [0.15, 0.2) is 0 Å². The van der Waals surface area contributed by atoms with Gasteiger partial charge in [-0.2, -0.15) is 0 Å². The summed E-state index contributed by atoms with van der Waals surface area (Å²) in [6.45, 7) is 0. The standard InChI is InChI=1S/C54H36N2O/c1-4-14-37(15-5-1)39-26-28-40(29-27-39)46-23-13-24-50-54(46)49-33-31-44(35-51(49)56(50)42-19-8-3-9-20-42)55(43-21-12-18-41(34-43)38-16-6-2-7-17-38)45-30-32-48-47-22-10-11-25-52(47)57-53(48)36-45/h1-36H. The highest BCUT2D eigenvalue weighted by molar-refractivity contribution is 6.16. The first-order valence-electron chi connectivity index (χ1n) is 19.4. The fraction of sp³-hybridized carbons (Fsp3) is 0. The molecule has 3 heteroatoms. The van der Waals surface area contributed by atoms with Crippen molar-refractivity contribution in [3.8, 4) is 39.1 Å². The van der Waals surface area contributed by atoms with Crippen LogP contribution in [0.5, 0.6) is 0 Å². The van der Waals surface area contributed by atoms with Crippen LogP contribution >= 0.6 is 0 Å². The van der Waals surface area contributed by atoms with Crippen molar-refractivity contribution in [2.45, 2.75) is 0 Å². The number of benzene rings is 9. The molecular weight excluding hydrogens is 693 g/mol. The van der Waals surface area contributed by atoms with E-state index in [2.05, 4.69) is 216 Å². The normalized spacial score (nSPS) is 11.5. The van der Waals surface area contributed by atoms with Crippen molar-refractivity contribution in [2.75, 3.05) is 4.90 Å². The first-order valence-corrected chi connectivity index (χ1v) is 19.4. The molecule has 0 N–H and O–H groups in total. The molecule has 0 unspecified atom stereocenters. The van der Waals surface area contributed by atoms with E-state index in [4.69, 9.17) is 4.42 Å². The van der Waals surface area contributed by atoms with E-state index in [1.807, 2.05) is 12.1 Å². The van der Waals surface area contributed by atoms with Gasteiger partial charge < -0.3 is 13.9 Å². The molecule has 2 aromatic heterocycles. The van der Waals surface area contributed by atoms with Gasteiger partial charge in [0.1, 0.15) is 11.2 Å². The maximum atomic E-state index is 6.45. The van der Waals surface area contributed by atoms with Gasteiger partial charge in [-0.3, -0.25) is 0 Å². The Balaban J connectivity index is 1.13. The Morgan fingerprint density at radius 3 is 1.67 bits per heavy atom. The van der Waals surface area contributed by atoms with Gasteiger partial charge in [0.05, 0.1) is 11.0 Å². The van der Waals surface area contributed by atoms with Crippen molar-refractivity contribution in [1.82, 2.24) is 4.57 Å². The quantitative estimate of drug-likeness (QED) is 0.163. The van der Waals surface area contributed by atoms with Gasteiger partial charge in [-0.05, 0) is 94.0 Å². The fourth-order valence-corrected chi connectivity index (χ4v) is 8.52. The zero-order valence-electron chi connectivity index (χ0n) is 31.1. The van der Waals surface area contributed by atoms with Crippen molar-refractivity contribution < 1.29 is 4.42 Å². The van der Waals surface area contributed by atoms with E-state index in [-0.39, 0.29) is 0 Å². The van der Waals surface area contributed by atoms with Crippen molar-refractivity contribution in [2.24, 2.45) is 0 Å². The lowest BCUT2D eigenvalue weighted by Gasteiger charge is -2.26. The minimum atomic E-state index is 0.861. The Labute approximate surface area is 330 Å². The average molecular weight is 729 g/mol. The molecule has 0 saturated carbocycles. The summed E-state index contributed by atoms with van der Waals surface area (Å²) in [6.07, 6.45) is 0. The van der Waals surface area contributed by atoms with E-state index < -0.39 is 0 Å². The third-order valence-electron chi connectivity index (χ3n) is 11.2. The second-order valence-electron chi connectivity index (χ2n) is 14.5. The molecule has 9 aromatic carbocycles. The highest BCUT2D eigenvalue weighted by atomic mass is 16.3. The molecule has 0 atom stereocenters. The zero-order valence-corrected chi connectivity index (χ0v) is 31.1. The second-order valence-corrected chi connectivity index (χ2v) is 14.5. The van der Waals surface area contributed by atoms with Crippen LogP contribution in [0, 0.1) is 0 Å². The molecule has 2 heterocycles. The lowest BCUT2D eigenvalue weighted by Crippen LogP contribution is -2.10. The summed E-state index contributed by atoms with van der Waals surface area (Å²) in [4.78, 5) is 2.36. The predicted octanol–water partition coefficient (Wildman–Crippen LogP) is 15.2. The van der Waals surface area contributed by atoms with Crippen LogP contribution in [0.15, 0.2) is 223 Å². The van der Waals surface area contributed by atoms with Crippen LogP contribution in [0.1, 0.15) is 0 Å². The number of hydrogen-bond donors (Lipinski definition) is 0. The van der Waals surface area contributed by atoms with Gasteiger partial charge in [-0.25, -0.2) is 0 Å². The van der Waals surface area contributed by atoms with Crippen molar-refractivity contribution in [1.29, 1.82) is 0 Å². The van der Waals surface area contributed by atoms with Crippen molar-refractivity contribution in [3.63, 3.8) is 0 Å². The van der Waals surface area contributed by atoms with Crippen LogP contribution in [0.3, 0.4) is 0 Å². The largest absolute Gasteiger partial charge is 0.456 e. The van der Waals surface area contributed by atoms with Gasteiger partial charge >= 0.3 is 0 Å². The molecule has 0 aliphatic heterocycles. The smallest absolute Gasteiger partial charge is 0.137 e. The van der Waals surface area contributed by atoms with Crippen molar-refractivity contribution in [3.05, 3.63) is 218 Å².